The third kappa shape index (κ3) is 3.76. The van der Waals surface area contributed by atoms with Gasteiger partial charge in [-0.1, -0.05) is 19.9 Å². The molecule has 1 aromatic heterocycles. The average molecular weight is 356 g/mol. The second-order valence-electron chi connectivity index (χ2n) is 6.41. The van der Waals surface area contributed by atoms with Gasteiger partial charge in [-0.15, -0.1) is 11.3 Å². The molecule has 1 aliphatic rings. The number of imide groups is 1. The lowest BCUT2D eigenvalue weighted by Gasteiger charge is -2.14. The van der Waals surface area contributed by atoms with Crippen molar-refractivity contribution in [2.75, 3.05) is 12.0 Å². The number of anilines is 1. The molecular weight excluding hydrogens is 336 g/mol. The van der Waals surface area contributed by atoms with Crippen LogP contribution in [0.3, 0.4) is 0 Å². The summed E-state index contributed by atoms with van der Waals surface area (Å²) in [5, 5.41) is 6.78. The highest BCUT2D eigenvalue weighted by Crippen LogP contribution is 2.24. The van der Waals surface area contributed by atoms with E-state index in [0.29, 0.717) is 28.7 Å². The molecule has 0 atom stereocenters. The number of amides is 2. The highest BCUT2D eigenvalue weighted by molar-refractivity contribution is 7.13. The Hall–Kier alpha value is -2.54. The molecule has 2 amide bonds. The van der Waals surface area contributed by atoms with E-state index >= 15 is 0 Å². The Bertz CT molecular complexity index is 841. The minimum atomic E-state index is -0.223. The van der Waals surface area contributed by atoms with Gasteiger partial charge in [0.05, 0.1) is 23.0 Å². The molecule has 2 aromatic rings. The standard InChI is InChI=1S/C18H20N4O2S/c1-11(2)6-7-22-16(23)14-5-4-13(8-15(14)17(22)24)9-19-21-18-20-12(3)10-25-18/h4-5,8-11H,6-7H2,1-3H3,(H,20,21). The molecule has 0 aliphatic carbocycles. The van der Waals surface area contributed by atoms with Crippen LogP contribution >= 0.6 is 11.3 Å². The summed E-state index contributed by atoms with van der Waals surface area (Å²) in [6.07, 6.45) is 2.42. The predicted octanol–water partition coefficient (Wildman–Crippen LogP) is 3.54. The maximum Gasteiger partial charge on any atom is 0.261 e. The van der Waals surface area contributed by atoms with Gasteiger partial charge in [-0.2, -0.15) is 5.10 Å². The first kappa shape index (κ1) is 17.3. The Balaban J connectivity index is 1.73. The molecule has 6 nitrogen and oxygen atoms in total. The fourth-order valence-corrected chi connectivity index (χ4v) is 3.18. The zero-order valence-electron chi connectivity index (χ0n) is 14.4. The molecule has 1 N–H and O–H groups in total. The van der Waals surface area contributed by atoms with E-state index in [4.69, 9.17) is 0 Å². The third-order valence-electron chi connectivity index (χ3n) is 3.92. The number of benzene rings is 1. The van der Waals surface area contributed by atoms with Crippen LogP contribution in [0.5, 0.6) is 0 Å². The summed E-state index contributed by atoms with van der Waals surface area (Å²) in [6, 6.07) is 5.19. The molecule has 130 valence electrons. The summed E-state index contributed by atoms with van der Waals surface area (Å²) < 4.78 is 0. The number of nitrogens with one attached hydrogen (secondary N) is 1. The fourth-order valence-electron chi connectivity index (χ4n) is 2.55. The fraction of sp³-hybridized carbons (Fsp3) is 0.333. The van der Waals surface area contributed by atoms with Crippen molar-refractivity contribution < 1.29 is 9.59 Å². The molecule has 2 heterocycles. The van der Waals surface area contributed by atoms with E-state index in [1.807, 2.05) is 12.3 Å². The number of carbonyl (C=O) groups is 2. The molecule has 0 spiro atoms. The van der Waals surface area contributed by atoms with Crippen LogP contribution in [-0.4, -0.2) is 34.5 Å². The number of thiazole rings is 1. The average Bonchev–Trinajstić information content (AvgIpc) is 3.08. The zero-order valence-corrected chi connectivity index (χ0v) is 15.3. The lowest BCUT2D eigenvalue weighted by molar-refractivity contribution is 0.0648. The van der Waals surface area contributed by atoms with E-state index < -0.39 is 0 Å². The number of hydrogen-bond donors (Lipinski definition) is 1. The molecule has 0 fully saturated rings. The summed E-state index contributed by atoms with van der Waals surface area (Å²) >= 11 is 1.47. The van der Waals surface area contributed by atoms with Crippen molar-refractivity contribution in [1.29, 1.82) is 0 Å². The number of aromatic nitrogens is 1. The van der Waals surface area contributed by atoms with Crippen molar-refractivity contribution in [3.63, 3.8) is 0 Å². The first-order chi connectivity index (χ1) is 12.0. The number of fused-ring (bicyclic) bond motifs is 1. The molecule has 0 unspecified atom stereocenters. The third-order valence-corrected chi connectivity index (χ3v) is 4.78. The molecular formula is C18H20N4O2S. The van der Waals surface area contributed by atoms with Gasteiger partial charge in [-0.25, -0.2) is 4.98 Å². The van der Waals surface area contributed by atoms with Gasteiger partial charge in [0.1, 0.15) is 0 Å². The van der Waals surface area contributed by atoms with Gasteiger partial charge in [-0.05, 0) is 37.0 Å². The van der Waals surface area contributed by atoms with Gasteiger partial charge in [-0.3, -0.25) is 19.9 Å². The summed E-state index contributed by atoms with van der Waals surface area (Å²) in [7, 11) is 0. The first-order valence-corrected chi connectivity index (χ1v) is 9.05. The second-order valence-corrected chi connectivity index (χ2v) is 7.27. The zero-order chi connectivity index (χ0) is 18.0. The van der Waals surface area contributed by atoms with Gasteiger partial charge < -0.3 is 0 Å². The SMILES string of the molecule is Cc1csc(NN=Cc2ccc3c(c2)C(=O)N(CCC(C)C)C3=O)n1. The van der Waals surface area contributed by atoms with Crippen LogP contribution in [0, 0.1) is 12.8 Å². The normalized spacial score (nSPS) is 14.0. The number of hydrogen-bond acceptors (Lipinski definition) is 6. The molecule has 25 heavy (non-hydrogen) atoms. The summed E-state index contributed by atoms with van der Waals surface area (Å²) in [5.74, 6) is 0.00695. The number of carbonyl (C=O) groups excluding carboxylic acids is 2. The van der Waals surface area contributed by atoms with Crippen molar-refractivity contribution >= 4 is 34.5 Å². The smallest absolute Gasteiger partial charge is 0.261 e. The largest absolute Gasteiger partial charge is 0.274 e. The van der Waals surface area contributed by atoms with Crippen LogP contribution in [-0.2, 0) is 0 Å². The van der Waals surface area contributed by atoms with Crippen molar-refractivity contribution in [1.82, 2.24) is 9.88 Å². The van der Waals surface area contributed by atoms with E-state index in [-0.39, 0.29) is 11.8 Å². The van der Waals surface area contributed by atoms with Gasteiger partial charge in [0.15, 0.2) is 0 Å². The van der Waals surface area contributed by atoms with Crippen LogP contribution in [0.2, 0.25) is 0 Å². The van der Waals surface area contributed by atoms with Crippen LogP contribution in [0.15, 0.2) is 28.7 Å². The van der Waals surface area contributed by atoms with E-state index in [0.717, 1.165) is 17.7 Å². The minimum Gasteiger partial charge on any atom is -0.274 e. The molecule has 1 aliphatic heterocycles. The van der Waals surface area contributed by atoms with Crippen LogP contribution in [0.4, 0.5) is 5.13 Å². The first-order valence-electron chi connectivity index (χ1n) is 8.17. The Morgan fingerprint density at radius 1 is 1.28 bits per heavy atom. The topological polar surface area (TPSA) is 74.7 Å². The van der Waals surface area contributed by atoms with Crippen molar-refractivity contribution in [3.8, 4) is 0 Å². The summed E-state index contributed by atoms with van der Waals surface area (Å²) in [6.45, 7) is 6.52. The van der Waals surface area contributed by atoms with Gasteiger partial charge >= 0.3 is 0 Å². The Labute approximate surface area is 150 Å². The second kappa shape index (κ2) is 7.14. The number of rotatable bonds is 6. The molecule has 0 radical (unpaired) electrons. The van der Waals surface area contributed by atoms with Crippen molar-refractivity contribution in [2.45, 2.75) is 27.2 Å². The molecule has 0 bridgehead atoms. The summed E-state index contributed by atoms with van der Waals surface area (Å²) in [5.41, 5.74) is 5.46. The van der Waals surface area contributed by atoms with Gasteiger partial charge in [0, 0.05) is 11.9 Å². The van der Waals surface area contributed by atoms with Crippen LogP contribution in [0.25, 0.3) is 0 Å². The maximum absolute atomic E-state index is 12.5. The number of hydrazone groups is 1. The van der Waals surface area contributed by atoms with E-state index in [9.17, 15) is 9.59 Å². The van der Waals surface area contributed by atoms with Gasteiger partial charge in [0.25, 0.3) is 11.8 Å². The molecule has 0 saturated carbocycles. The minimum absolute atomic E-state index is 0.208. The molecule has 0 saturated heterocycles. The van der Waals surface area contributed by atoms with E-state index in [1.165, 1.54) is 16.2 Å². The Morgan fingerprint density at radius 2 is 2.04 bits per heavy atom. The van der Waals surface area contributed by atoms with Crippen molar-refractivity contribution in [2.24, 2.45) is 11.0 Å². The van der Waals surface area contributed by atoms with Gasteiger partial charge in [0.2, 0.25) is 5.13 Å². The molecule has 7 heteroatoms. The Morgan fingerprint density at radius 3 is 2.72 bits per heavy atom. The monoisotopic (exact) mass is 356 g/mol. The molecule has 3 rings (SSSR count). The molecule has 1 aromatic carbocycles. The van der Waals surface area contributed by atoms with Crippen LogP contribution < -0.4 is 5.43 Å². The van der Waals surface area contributed by atoms with Crippen molar-refractivity contribution in [3.05, 3.63) is 46.0 Å². The van der Waals surface area contributed by atoms with E-state index in [2.05, 4.69) is 29.4 Å². The highest BCUT2D eigenvalue weighted by Gasteiger charge is 2.35. The van der Waals surface area contributed by atoms with E-state index in [1.54, 1.807) is 24.4 Å². The Kier molecular flexibility index (Phi) is 4.94. The highest BCUT2D eigenvalue weighted by atomic mass is 32.1. The summed E-state index contributed by atoms with van der Waals surface area (Å²) in [4.78, 5) is 30.5. The lowest BCUT2D eigenvalue weighted by Crippen LogP contribution is -2.31. The number of nitrogens with zero attached hydrogens (tertiary/aromatic N) is 3. The predicted molar refractivity (Wildman–Crippen MR) is 99.3 cm³/mol. The quantitative estimate of drug-likeness (QED) is 0.488. The number of aryl methyl sites for hydroxylation is 1. The maximum atomic E-state index is 12.5. The lowest BCUT2D eigenvalue weighted by atomic mass is 10.1. The van der Waals surface area contributed by atoms with Crippen LogP contribution in [0.1, 0.15) is 52.2 Å².